The predicted octanol–water partition coefficient (Wildman–Crippen LogP) is 3.68. The lowest BCUT2D eigenvalue weighted by Gasteiger charge is -2.10. The first-order valence-corrected chi connectivity index (χ1v) is 7.04. The molecule has 2 rings (SSSR count). The number of aromatic nitrogens is 3. The van der Waals surface area contributed by atoms with Crippen molar-refractivity contribution in [2.24, 2.45) is 0 Å². The first kappa shape index (κ1) is 13.9. The van der Waals surface area contributed by atoms with Gasteiger partial charge in [-0.1, -0.05) is 19.9 Å². The smallest absolute Gasteiger partial charge is 0.134 e. The van der Waals surface area contributed by atoms with Gasteiger partial charge in [-0.2, -0.15) is 0 Å². The molecule has 2 heterocycles. The Bertz CT molecular complexity index is 569. The topological polar surface area (TPSA) is 50.7 Å². The second kappa shape index (κ2) is 6.10. The van der Waals surface area contributed by atoms with Crippen molar-refractivity contribution in [3.8, 4) is 0 Å². The third kappa shape index (κ3) is 3.73. The molecule has 0 radical (unpaired) electrons. The summed E-state index contributed by atoms with van der Waals surface area (Å²) in [5, 5.41) is 3.29. The van der Waals surface area contributed by atoms with Gasteiger partial charge in [0.25, 0.3) is 0 Å². The quantitative estimate of drug-likeness (QED) is 0.873. The van der Waals surface area contributed by atoms with Crippen LogP contribution in [0.15, 0.2) is 29.0 Å². The fourth-order valence-corrected chi connectivity index (χ4v) is 2.06. The number of rotatable bonds is 4. The average molecular weight is 321 g/mol. The standard InChI is InChI=1S/C14H17BrN4/c1-9(2)14-18-12(15)7-13(19-14)17-8-11-10(3)5-4-6-16-11/h4-7,9H,8H2,1-3H3,(H,17,18,19). The summed E-state index contributed by atoms with van der Waals surface area (Å²) in [6, 6.07) is 5.88. The molecule has 1 N–H and O–H groups in total. The van der Waals surface area contributed by atoms with Crippen LogP contribution in [0.4, 0.5) is 5.82 Å². The average Bonchev–Trinajstić information content (AvgIpc) is 2.37. The van der Waals surface area contributed by atoms with E-state index in [1.165, 1.54) is 5.56 Å². The minimum absolute atomic E-state index is 0.301. The van der Waals surface area contributed by atoms with E-state index in [0.717, 1.165) is 21.9 Å². The number of halogens is 1. The highest BCUT2D eigenvalue weighted by Gasteiger charge is 2.07. The maximum atomic E-state index is 4.50. The van der Waals surface area contributed by atoms with Gasteiger partial charge in [0.15, 0.2) is 0 Å². The highest BCUT2D eigenvalue weighted by Crippen LogP contribution is 2.18. The summed E-state index contributed by atoms with van der Waals surface area (Å²) in [6.07, 6.45) is 1.81. The first-order chi connectivity index (χ1) is 9.06. The van der Waals surface area contributed by atoms with Crippen molar-refractivity contribution in [1.82, 2.24) is 15.0 Å². The van der Waals surface area contributed by atoms with Crippen LogP contribution in [0.5, 0.6) is 0 Å². The van der Waals surface area contributed by atoms with Crippen LogP contribution in [-0.4, -0.2) is 15.0 Å². The van der Waals surface area contributed by atoms with E-state index >= 15 is 0 Å². The minimum Gasteiger partial charge on any atom is -0.364 e. The maximum Gasteiger partial charge on any atom is 0.134 e. The van der Waals surface area contributed by atoms with Crippen LogP contribution in [-0.2, 0) is 6.54 Å². The summed E-state index contributed by atoms with van der Waals surface area (Å²) in [5.74, 6) is 1.94. The van der Waals surface area contributed by atoms with Crippen molar-refractivity contribution in [1.29, 1.82) is 0 Å². The third-order valence-corrected chi connectivity index (χ3v) is 3.19. The molecule has 19 heavy (non-hydrogen) atoms. The molecule has 0 bridgehead atoms. The van der Waals surface area contributed by atoms with E-state index in [4.69, 9.17) is 0 Å². The second-order valence-corrected chi connectivity index (χ2v) is 5.52. The van der Waals surface area contributed by atoms with Crippen molar-refractivity contribution >= 4 is 21.7 Å². The monoisotopic (exact) mass is 320 g/mol. The minimum atomic E-state index is 0.301. The SMILES string of the molecule is Cc1cccnc1CNc1cc(Br)nc(C(C)C)n1. The Balaban J connectivity index is 2.14. The zero-order valence-corrected chi connectivity index (χ0v) is 12.9. The van der Waals surface area contributed by atoms with Gasteiger partial charge >= 0.3 is 0 Å². The van der Waals surface area contributed by atoms with Crippen LogP contribution in [0.25, 0.3) is 0 Å². The second-order valence-electron chi connectivity index (χ2n) is 4.71. The molecule has 0 amide bonds. The molecular weight excluding hydrogens is 304 g/mol. The molecule has 0 saturated heterocycles. The molecule has 2 aromatic rings. The first-order valence-electron chi connectivity index (χ1n) is 6.25. The number of nitrogens with zero attached hydrogens (tertiary/aromatic N) is 3. The molecule has 0 aliphatic heterocycles. The Morgan fingerprint density at radius 3 is 2.79 bits per heavy atom. The van der Waals surface area contributed by atoms with Crippen LogP contribution < -0.4 is 5.32 Å². The van der Waals surface area contributed by atoms with Crippen molar-refractivity contribution in [3.63, 3.8) is 0 Å². The number of hydrogen-bond acceptors (Lipinski definition) is 4. The van der Waals surface area contributed by atoms with Crippen LogP contribution >= 0.6 is 15.9 Å². The zero-order chi connectivity index (χ0) is 13.8. The van der Waals surface area contributed by atoms with Crippen LogP contribution in [0, 0.1) is 6.92 Å². The Morgan fingerprint density at radius 2 is 2.11 bits per heavy atom. The van der Waals surface area contributed by atoms with Gasteiger partial charge in [-0.25, -0.2) is 9.97 Å². The summed E-state index contributed by atoms with van der Waals surface area (Å²) in [6.45, 7) is 6.87. The van der Waals surface area contributed by atoms with Gasteiger partial charge in [-0.05, 0) is 34.5 Å². The van der Waals surface area contributed by atoms with Crippen LogP contribution in [0.3, 0.4) is 0 Å². The Kier molecular flexibility index (Phi) is 4.47. The van der Waals surface area contributed by atoms with E-state index in [9.17, 15) is 0 Å². The van der Waals surface area contributed by atoms with Gasteiger partial charge in [-0.15, -0.1) is 0 Å². The van der Waals surface area contributed by atoms with Crippen molar-refractivity contribution < 1.29 is 0 Å². The number of hydrogen-bond donors (Lipinski definition) is 1. The zero-order valence-electron chi connectivity index (χ0n) is 11.3. The highest BCUT2D eigenvalue weighted by atomic mass is 79.9. The summed E-state index contributed by atoms with van der Waals surface area (Å²) in [7, 11) is 0. The Hall–Kier alpha value is -1.49. The molecule has 0 atom stereocenters. The molecule has 0 saturated carbocycles. The summed E-state index contributed by atoms with van der Waals surface area (Å²) < 4.78 is 0.798. The lowest BCUT2D eigenvalue weighted by Crippen LogP contribution is -2.07. The van der Waals surface area contributed by atoms with Gasteiger partial charge in [-0.3, -0.25) is 4.98 Å². The summed E-state index contributed by atoms with van der Waals surface area (Å²) in [4.78, 5) is 13.2. The summed E-state index contributed by atoms with van der Waals surface area (Å²) >= 11 is 3.42. The molecule has 0 aliphatic rings. The summed E-state index contributed by atoms with van der Waals surface area (Å²) in [5.41, 5.74) is 2.20. The maximum absolute atomic E-state index is 4.50. The molecule has 0 aliphatic carbocycles. The number of nitrogens with one attached hydrogen (secondary N) is 1. The largest absolute Gasteiger partial charge is 0.364 e. The molecule has 4 nitrogen and oxygen atoms in total. The molecule has 0 aromatic carbocycles. The van der Waals surface area contributed by atoms with Crippen LogP contribution in [0.1, 0.15) is 36.8 Å². The Labute approximate surface area is 121 Å². The molecule has 5 heteroatoms. The van der Waals surface area contributed by atoms with Gasteiger partial charge < -0.3 is 5.32 Å². The van der Waals surface area contributed by atoms with Crippen molar-refractivity contribution in [2.75, 3.05) is 5.32 Å². The number of anilines is 1. The molecule has 0 spiro atoms. The predicted molar refractivity (Wildman–Crippen MR) is 80.1 cm³/mol. The van der Waals surface area contributed by atoms with Gasteiger partial charge in [0.2, 0.25) is 0 Å². The fraction of sp³-hybridized carbons (Fsp3) is 0.357. The van der Waals surface area contributed by atoms with E-state index in [0.29, 0.717) is 12.5 Å². The van der Waals surface area contributed by atoms with Gasteiger partial charge in [0, 0.05) is 18.2 Å². The van der Waals surface area contributed by atoms with Crippen molar-refractivity contribution in [2.45, 2.75) is 33.2 Å². The van der Waals surface area contributed by atoms with E-state index < -0.39 is 0 Å². The fourth-order valence-electron chi connectivity index (χ4n) is 1.66. The lowest BCUT2D eigenvalue weighted by atomic mass is 10.2. The molecule has 2 aromatic heterocycles. The lowest BCUT2D eigenvalue weighted by molar-refractivity contribution is 0.769. The van der Waals surface area contributed by atoms with E-state index in [1.54, 1.807) is 6.20 Å². The molecule has 100 valence electrons. The van der Waals surface area contributed by atoms with E-state index in [1.807, 2.05) is 12.1 Å². The highest BCUT2D eigenvalue weighted by molar-refractivity contribution is 9.10. The number of pyridine rings is 1. The Morgan fingerprint density at radius 1 is 1.32 bits per heavy atom. The van der Waals surface area contributed by atoms with Crippen LogP contribution in [0.2, 0.25) is 0 Å². The number of aryl methyl sites for hydroxylation is 1. The van der Waals surface area contributed by atoms with Gasteiger partial charge in [0.05, 0.1) is 12.2 Å². The normalized spacial score (nSPS) is 10.8. The molecular formula is C14H17BrN4. The third-order valence-electron chi connectivity index (χ3n) is 2.78. The molecule has 0 fully saturated rings. The van der Waals surface area contributed by atoms with E-state index in [-0.39, 0.29) is 0 Å². The van der Waals surface area contributed by atoms with E-state index in [2.05, 4.69) is 63.0 Å². The molecule has 0 unspecified atom stereocenters. The van der Waals surface area contributed by atoms with Gasteiger partial charge in [0.1, 0.15) is 16.2 Å². The van der Waals surface area contributed by atoms with Crippen molar-refractivity contribution in [3.05, 3.63) is 46.1 Å².